The van der Waals surface area contributed by atoms with E-state index in [2.05, 4.69) is 5.32 Å². The summed E-state index contributed by atoms with van der Waals surface area (Å²) < 4.78 is 26.8. The zero-order chi connectivity index (χ0) is 27.7. The normalized spacial score (nSPS) is 15.1. The fourth-order valence-electron chi connectivity index (χ4n) is 4.94. The molecule has 0 bridgehead atoms. The molecule has 1 saturated carbocycles. The molecule has 11 heteroatoms. The molecule has 0 aliphatic heterocycles. The third-order valence-corrected chi connectivity index (χ3v) is 9.24. The van der Waals surface area contributed by atoms with E-state index >= 15 is 0 Å². The van der Waals surface area contributed by atoms with E-state index in [0.29, 0.717) is 6.54 Å². The van der Waals surface area contributed by atoms with Crippen molar-refractivity contribution in [3.8, 4) is 0 Å². The lowest BCUT2D eigenvalue weighted by atomic mass is 9.89. The maximum atomic E-state index is 14.7. The van der Waals surface area contributed by atoms with Gasteiger partial charge >= 0.3 is 7.60 Å². The van der Waals surface area contributed by atoms with Gasteiger partial charge in [0.25, 0.3) is 11.4 Å². The number of nitro groups is 2. The summed E-state index contributed by atoms with van der Waals surface area (Å²) in [6.45, 7) is -0.196. The minimum absolute atomic E-state index is 0.0233. The van der Waals surface area contributed by atoms with Gasteiger partial charge in [-0.1, -0.05) is 73.9 Å². The topological polar surface area (TPSA) is 134 Å². The van der Waals surface area contributed by atoms with E-state index in [1.807, 2.05) is 30.3 Å². The zero-order valence-electron chi connectivity index (χ0n) is 21.5. The van der Waals surface area contributed by atoms with Crippen LogP contribution in [0, 0.1) is 26.1 Å². The van der Waals surface area contributed by atoms with Crippen LogP contribution < -0.4 is 5.32 Å². The zero-order valence-corrected chi connectivity index (χ0v) is 22.4. The van der Waals surface area contributed by atoms with Crippen molar-refractivity contribution in [2.24, 2.45) is 5.92 Å². The number of rotatable bonds is 13. The van der Waals surface area contributed by atoms with Crippen LogP contribution in [-0.2, 0) is 33.4 Å². The molecule has 1 fully saturated rings. The molecule has 4 rings (SSSR count). The summed E-state index contributed by atoms with van der Waals surface area (Å²) in [5.41, 5.74) is 1.23. The Morgan fingerprint density at radius 3 is 1.77 bits per heavy atom. The van der Waals surface area contributed by atoms with Gasteiger partial charge < -0.3 is 9.05 Å². The Morgan fingerprint density at radius 1 is 0.769 bits per heavy atom. The molecule has 3 aromatic carbocycles. The number of nitrogens with one attached hydrogen (secondary N) is 1. The van der Waals surface area contributed by atoms with Gasteiger partial charge in [-0.2, -0.15) is 0 Å². The molecule has 0 saturated heterocycles. The molecular weight excluding hydrogens is 521 g/mol. The molecule has 0 aromatic heterocycles. The van der Waals surface area contributed by atoms with Gasteiger partial charge in [-0.3, -0.25) is 30.1 Å². The number of para-hydroxylation sites is 2. The second kappa shape index (κ2) is 13.6. The Hall–Kier alpha value is -3.43. The molecule has 39 heavy (non-hydrogen) atoms. The van der Waals surface area contributed by atoms with Crippen LogP contribution in [0.3, 0.4) is 0 Å². The van der Waals surface area contributed by atoms with Gasteiger partial charge in [-0.15, -0.1) is 0 Å². The van der Waals surface area contributed by atoms with E-state index in [1.54, 1.807) is 36.4 Å². The summed E-state index contributed by atoms with van der Waals surface area (Å²) in [6, 6.07) is 21.9. The predicted molar refractivity (Wildman–Crippen MR) is 147 cm³/mol. The van der Waals surface area contributed by atoms with Gasteiger partial charge in [0.15, 0.2) is 0 Å². The Labute approximate surface area is 227 Å². The van der Waals surface area contributed by atoms with E-state index in [4.69, 9.17) is 9.05 Å². The Bertz CT molecular complexity index is 1250. The molecule has 1 atom stereocenters. The lowest BCUT2D eigenvalue weighted by Gasteiger charge is -2.35. The van der Waals surface area contributed by atoms with Crippen molar-refractivity contribution in [2.45, 2.75) is 57.6 Å². The minimum atomic E-state index is -4.02. The van der Waals surface area contributed by atoms with Gasteiger partial charge in [0.2, 0.25) is 0 Å². The lowest BCUT2D eigenvalue weighted by molar-refractivity contribution is -0.385. The van der Waals surface area contributed by atoms with Crippen molar-refractivity contribution in [3.63, 3.8) is 0 Å². The molecule has 0 amide bonds. The first-order valence-corrected chi connectivity index (χ1v) is 14.6. The van der Waals surface area contributed by atoms with E-state index in [-0.39, 0.29) is 41.6 Å². The van der Waals surface area contributed by atoms with Crippen LogP contribution in [0.15, 0.2) is 78.9 Å². The molecule has 0 spiro atoms. The first kappa shape index (κ1) is 28.6. The SMILES string of the molecule is O=[N+]([O-])c1ccccc1COP(=O)(OCc1ccccc1[N+](=O)[O-])[C@@H](NCc1ccccc1)C1CCCCC1. The smallest absolute Gasteiger partial charge is 0.302 e. The van der Waals surface area contributed by atoms with E-state index in [9.17, 15) is 24.8 Å². The second-order valence-electron chi connectivity index (χ2n) is 9.57. The van der Waals surface area contributed by atoms with Crippen molar-refractivity contribution < 1.29 is 23.5 Å². The number of nitro benzene ring substituents is 2. The molecule has 0 unspecified atom stereocenters. The summed E-state index contributed by atoms with van der Waals surface area (Å²) in [4.78, 5) is 22.1. The average molecular weight is 554 g/mol. The van der Waals surface area contributed by atoms with Crippen LogP contribution in [0.5, 0.6) is 0 Å². The highest BCUT2D eigenvalue weighted by atomic mass is 31.2. The molecule has 1 aliphatic rings. The van der Waals surface area contributed by atoms with Crippen LogP contribution >= 0.6 is 7.60 Å². The highest BCUT2D eigenvalue weighted by Gasteiger charge is 2.42. The van der Waals surface area contributed by atoms with Crippen LogP contribution in [0.2, 0.25) is 0 Å². The lowest BCUT2D eigenvalue weighted by Crippen LogP contribution is -2.38. The van der Waals surface area contributed by atoms with Crippen LogP contribution in [0.25, 0.3) is 0 Å². The third-order valence-electron chi connectivity index (χ3n) is 6.97. The fourth-order valence-corrected chi connectivity index (χ4v) is 7.11. The standard InChI is InChI=1S/C28H32N3O7P/c32-30(33)26-17-9-7-15-24(26)20-37-39(36,38-21-25-16-8-10-18-27(25)31(34)35)28(23-13-5-2-6-14-23)29-19-22-11-3-1-4-12-22/h1,3-4,7-12,15-18,23,28-29H,2,5-6,13-14,19-21H2/t28-/m1/s1. The molecule has 206 valence electrons. The quantitative estimate of drug-likeness (QED) is 0.134. The predicted octanol–water partition coefficient (Wildman–Crippen LogP) is 7.13. The first-order chi connectivity index (χ1) is 18.9. The number of nitrogens with zero attached hydrogens (tertiary/aromatic N) is 2. The van der Waals surface area contributed by atoms with Crippen molar-refractivity contribution in [1.82, 2.24) is 5.32 Å². The summed E-state index contributed by atoms with van der Waals surface area (Å²) in [6.07, 6.45) is 4.67. The largest absolute Gasteiger partial charge is 0.348 e. The molecule has 1 N–H and O–H groups in total. The van der Waals surface area contributed by atoms with Crippen molar-refractivity contribution in [2.75, 3.05) is 0 Å². The number of benzene rings is 3. The Kier molecular flexibility index (Phi) is 9.95. The van der Waals surface area contributed by atoms with Gasteiger partial charge in [-0.25, -0.2) is 0 Å². The molecule has 0 heterocycles. The molecule has 3 aromatic rings. The second-order valence-corrected chi connectivity index (χ2v) is 11.7. The van der Waals surface area contributed by atoms with Crippen molar-refractivity contribution in [3.05, 3.63) is 116 Å². The average Bonchev–Trinajstić information content (AvgIpc) is 2.96. The summed E-state index contributed by atoms with van der Waals surface area (Å²) in [7, 11) is -4.02. The number of hydrogen-bond donors (Lipinski definition) is 1. The monoisotopic (exact) mass is 553 g/mol. The summed E-state index contributed by atoms with van der Waals surface area (Å²) in [5, 5.41) is 26.6. The van der Waals surface area contributed by atoms with Gasteiger partial charge in [0, 0.05) is 18.7 Å². The van der Waals surface area contributed by atoms with Gasteiger partial charge in [0.05, 0.1) is 34.2 Å². The molecule has 10 nitrogen and oxygen atoms in total. The highest BCUT2D eigenvalue weighted by Crippen LogP contribution is 2.58. The van der Waals surface area contributed by atoms with E-state index < -0.39 is 23.2 Å². The van der Waals surface area contributed by atoms with E-state index in [0.717, 1.165) is 37.7 Å². The molecule has 0 radical (unpaired) electrons. The maximum absolute atomic E-state index is 14.7. The molecule has 1 aliphatic carbocycles. The van der Waals surface area contributed by atoms with Crippen molar-refractivity contribution >= 4 is 19.0 Å². The van der Waals surface area contributed by atoms with Gasteiger partial charge in [-0.05, 0) is 36.5 Å². The van der Waals surface area contributed by atoms with Crippen LogP contribution in [0.1, 0.15) is 48.8 Å². The number of hydrogen-bond acceptors (Lipinski definition) is 8. The van der Waals surface area contributed by atoms with Crippen LogP contribution in [-0.4, -0.2) is 15.6 Å². The Morgan fingerprint density at radius 2 is 1.26 bits per heavy atom. The third kappa shape index (κ3) is 7.58. The fraction of sp³-hybridized carbons (Fsp3) is 0.357. The molecular formula is C28H32N3O7P. The van der Waals surface area contributed by atoms with Crippen molar-refractivity contribution in [1.29, 1.82) is 0 Å². The maximum Gasteiger partial charge on any atom is 0.348 e. The van der Waals surface area contributed by atoms with Crippen LogP contribution in [0.4, 0.5) is 11.4 Å². The van der Waals surface area contributed by atoms with Gasteiger partial charge in [0.1, 0.15) is 5.78 Å². The first-order valence-electron chi connectivity index (χ1n) is 13.0. The summed E-state index contributed by atoms with van der Waals surface area (Å²) >= 11 is 0. The van der Waals surface area contributed by atoms with E-state index in [1.165, 1.54) is 12.1 Å². The highest BCUT2D eigenvalue weighted by molar-refractivity contribution is 7.54. The summed E-state index contributed by atoms with van der Waals surface area (Å²) in [5.74, 6) is -0.728. The Balaban J connectivity index is 1.66. The minimum Gasteiger partial charge on any atom is -0.302 e.